The third-order valence-corrected chi connectivity index (χ3v) is 2.10. The number of hydrogen-bond donors (Lipinski definition) is 5. The minimum atomic E-state index is -1.04. The highest BCUT2D eigenvalue weighted by molar-refractivity contribution is 5.85. The van der Waals surface area contributed by atoms with Crippen LogP contribution in [0.3, 0.4) is 0 Å². The fourth-order valence-corrected chi connectivity index (χ4v) is 1.28. The zero-order chi connectivity index (χ0) is 13.3. The lowest BCUT2D eigenvalue weighted by Crippen LogP contribution is -2.41. The minimum absolute atomic E-state index is 0. The maximum absolute atomic E-state index is 11.3. The van der Waals surface area contributed by atoms with Crippen LogP contribution in [0.15, 0.2) is 0 Å². The Morgan fingerprint density at radius 3 is 2.50 bits per heavy atom. The predicted molar refractivity (Wildman–Crippen MR) is 70.9 cm³/mol. The van der Waals surface area contributed by atoms with E-state index in [9.17, 15) is 9.59 Å². The summed E-state index contributed by atoms with van der Waals surface area (Å²) in [6.45, 7) is 2.27. The molecule has 7 nitrogen and oxygen atoms in total. The predicted octanol–water partition coefficient (Wildman–Crippen LogP) is 0.0410. The molecular weight excluding hydrogens is 260 g/mol. The summed E-state index contributed by atoms with van der Waals surface area (Å²) in [5, 5.41) is 20.8. The Morgan fingerprint density at radius 2 is 2.06 bits per heavy atom. The SMILES string of the molecule is CCCC(=O)N[C@@H](CCCNC(=N)N)C(=O)O.Cl. The number of carboxylic acid groups (broad SMARTS) is 1. The van der Waals surface area contributed by atoms with Gasteiger partial charge in [0.25, 0.3) is 0 Å². The number of carbonyl (C=O) groups is 2. The first-order chi connectivity index (χ1) is 7.97. The number of nitrogens with one attached hydrogen (secondary N) is 3. The van der Waals surface area contributed by atoms with Gasteiger partial charge >= 0.3 is 5.97 Å². The van der Waals surface area contributed by atoms with E-state index >= 15 is 0 Å². The van der Waals surface area contributed by atoms with Gasteiger partial charge in [0.2, 0.25) is 5.91 Å². The molecule has 1 atom stereocenters. The van der Waals surface area contributed by atoms with Crippen molar-refractivity contribution in [2.24, 2.45) is 5.73 Å². The summed E-state index contributed by atoms with van der Waals surface area (Å²) in [7, 11) is 0. The standard InChI is InChI=1S/C10H20N4O3.ClH/c1-2-4-8(15)14-7(9(16)17)5-3-6-13-10(11)12;/h7H,2-6H2,1H3,(H,14,15)(H,16,17)(H4,11,12,13);1H/t7-;/m0./s1. The second kappa shape index (κ2) is 10.6. The van der Waals surface area contributed by atoms with E-state index in [2.05, 4.69) is 10.6 Å². The average Bonchev–Trinajstić information content (AvgIpc) is 2.22. The molecule has 0 radical (unpaired) electrons. The Labute approximate surface area is 112 Å². The van der Waals surface area contributed by atoms with E-state index in [1.807, 2.05) is 6.92 Å². The van der Waals surface area contributed by atoms with Crippen LogP contribution in [0, 0.1) is 5.41 Å². The number of guanidine groups is 1. The van der Waals surface area contributed by atoms with E-state index in [1.54, 1.807) is 0 Å². The van der Waals surface area contributed by atoms with Crippen LogP contribution in [-0.2, 0) is 9.59 Å². The lowest BCUT2D eigenvalue weighted by Gasteiger charge is -2.14. The van der Waals surface area contributed by atoms with Gasteiger partial charge in [-0.3, -0.25) is 10.2 Å². The molecule has 0 aliphatic heterocycles. The molecule has 18 heavy (non-hydrogen) atoms. The van der Waals surface area contributed by atoms with Crippen molar-refractivity contribution in [2.75, 3.05) is 6.54 Å². The smallest absolute Gasteiger partial charge is 0.326 e. The fourth-order valence-electron chi connectivity index (χ4n) is 1.28. The Morgan fingerprint density at radius 1 is 1.44 bits per heavy atom. The van der Waals surface area contributed by atoms with Crippen molar-refractivity contribution >= 4 is 30.2 Å². The van der Waals surface area contributed by atoms with E-state index in [0.717, 1.165) is 0 Å². The minimum Gasteiger partial charge on any atom is -0.480 e. The average molecular weight is 281 g/mol. The number of aliphatic carboxylic acids is 1. The molecule has 106 valence electrons. The Hall–Kier alpha value is -1.50. The van der Waals surface area contributed by atoms with Gasteiger partial charge in [-0.05, 0) is 19.3 Å². The maximum atomic E-state index is 11.3. The van der Waals surface area contributed by atoms with E-state index in [4.69, 9.17) is 16.2 Å². The molecule has 0 bridgehead atoms. The molecule has 0 aliphatic carbocycles. The molecule has 1 amide bonds. The van der Waals surface area contributed by atoms with Crippen LogP contribution in [0.4, 0.5) is 0 Å². The molecule has 0 saturated heterocycles. The number of carbonyl (C=O) groups excluding carboxylic acids is 1. The molecule has 0 aromatic carbocycles. The van der Waals surface area contributed by atoms with Gasteiger partial charge < -0.3 is 21.5 Å². The molecular formula is C10H21ClN4O3. The summed E-state index contributed by atoms with van der Waals surface area (Å²) in [4.78, 5) is 22.1. The highest BCUT2D eigenvalue weighted by Crippen LogP contribution is 1.98. The van der Waals surface area contributed by atoms with Crippen molar-refractivity contribution < 1.29 is 14.7 Å². The summed E-state index contributed by atoms with van der Waals surface area (Å²) < 4.78 is 0. The van der Waals surface area contributed by atoms with Crippen LogP contribution in [0.1, 0.15) is 32.6 Å². The molecule has 0 spiro atoms. The van der Waals surface area contributed by atoms with E-state index in [0.29, 0.717) is 32.2 Å². The van der Waals surface area contributed by atoms with Crippen LogP contribution < -0.4 is 16.4 Å². The Bertz CT molecular complexity index is 286. The number of carboxylic acids is 1. The summed E-state index contributed by atoms with van der Waals surface area (Å²) in [5.74, 6) is -1.44. The summed E-state index contributed by atoms with van der Waals surface area (Å²) in [5.41, 5.74) is 5.08. The molecule has 0 fully saturated rings. The third-order valence-electron chi connectivity index (χ3n) is 2.10. The van der Waals surface area contributed by atoms with Crippen LogP contribution in [0.25, 0.3) is 0 Å². The van der Waals surface area contributed by atoms with Gasteiger partial charge in [-0.2, -0.15) is 0 Å². The Balaban J connectivity index is 0. The van der Waals surface area contributed by atoms with Gasteiger partial charge in [0.05, 0.1) is 0 Å². The maximum Gasteiger partial charge on any atom is 0.326 e. The van der Waals surface area contributed by atoms with Crippen molar-refractivity contribution in [1.82, 2.24) is 10.6 Å². The number of amides is 1. The van der Waals surface area contributed by atoms with Gasteiger partial charge in [-0.25, -0.2) is 4.79 Å². The summed E-state index contributed by atoms with van der Waals surface area (Å²) in [6, 6.07) is -0.872. The molecule has 0 aliphatic rings. The number of rotatable bonds is 8. The van der Waals surface area contributed by atoms with E-state index < -0.39 is 12.0 Å². The lowest BCUT2D eigenvalue weighted by molar-refractivity contribution is -0.142. The molecule has 8 heteroatoms. The zero-order valence-corrected chi connectivity index (χ0v) is 11.2. The summed E-state index contributed by atoms with van der Waals surface area (Å²) in [6.07, 6.45) is 1.84. The topological polar surface area (TPSA) is 128 Å². The zero-order valence-electron chi connectivity index (χ0n) is 10.4. The van der Waals surface area contributed by atoms with Gasteiger partial charge in [0.1, 0.15) is 6.04 Å². The highest BCUT2D eigenvalue weighted by atomic mass is 35.5. The first-order valence-electron chi connectivity index (χ1n) is 5.57. The quantitative estimate of drug-likeness (QED) is 0.244. The van der Waals surface area contributed by atoms with Crippen molar-refractivity contribution in [3.63, 3.8) is 0 Å². The molecule has 0 saturated carbocycles. The van der Waals surface area contributed by atoms with Crippen molar-refractivity contribution in [2.45, 2.75) is 38.6 Å². The van der Waals surface area contributed by atoms with Crippen LogP contribution >= 0.6 is 12.4 Å². The second-order valence-electron chi connectivity index (χ2n) is 3.69. The van der Waals surface area contributed by atoms with Gasteiger partial charge in [0, 0.05) is 13.0 Å². The molecule has 0 heterocycles. The molecule has 0 aromatic heterocycles. The molecule has 0 rings (SSSR count). The van der Waals surface area contributed by atoms with Crippen LogP contribution in [0.2, 0.25) is 0 Å². The van der Waals surface area contributed by atoms with Crippen molar-refractivity contribution in [3.8, 4) is 0 Å². The van der Waals surface area contributed by atoms with Crippen LogP contribution in [-0.4, -0.2) is 35.5 Å². The van der Waals surface area contributed by atoms with E-state index in [1.165, 1.54) is 0 Å². The number of hydrogen-bond acceptors (Lipinski definition) is 3. The number of halogens is 1. The Kier molecular flexibility index (Phi) is 11.1. The molecule has 6 N–H and O–H groups in total. The van der Waals surface area contributed by atoms with Crippen LogP contribution in [0.5, 0.6) is 0 Å². The van der Waals surface area contributed by atoms with Crippen molar-refractivity contribution in [3.05, 3.63) is 0 Å². The largest absolute Gasteiger partial charge is 0.480 e. The third kappa shape index (κ3) is 9.71. The van der Waals surface area contributed by atoms with Crippen molar-refractivity contribution in [1.29, 1.82) is 5.41 Å². The molecule has 0 unspecified atom stereocenters. The molecule has 0 aromatic rings. The van der Waals surface area contributed by atoms with Gasteiger partial charge in [-0.15, -0.1) is 12.4 Å². The first-order valence-corrected chi connectivity index (χ1v) is 5.57. The normalized spacial score (nSPS) is 10.9. The monoisotopic (exact) mass is 280 g/mol. The number of nitrogens with two attached hydrogens (primary N) is 1. The second-order valence-corrected chi connectivity index (χ2v) is 3.69. The van der Waals surface area contributed by atoms with Gasteiger partial charge in [0.15, 0.2) is 5.96 Å². The summed E-state index contributed by atoms with van der Waals surface area (Å²) >= 11 is 0. The highest BCUT2D eigenvalue weighted by Gasteiger charge is 2.18. The van der Waals surface area contributed by atoms with Gasteiger partial charge in [-0.1, -0.05) is 6.92 Å². The fraction of sp³-hybridized carbons (Fsp3) is 0.700. The van der Waals surface area contributed by atoms with E-state index in [-0.39, 0.29) is 24.3 Å². The lowest BCUT2D eigenvalue weighted by atomic mass is 10.1. The first kappa shape index (κ1) is 18.9.